The Kier molecular flexibility index (Phi) is 7.98. The minimum atomic E-state index is -0.481. The molecule has 0 saturated carbocycles. The summed E-state index contributed by atoms with van der Waals surface area (Å²) in [5, 5.41) is 7.71. The van der Waals surface area contributed by atoms with E-state index in [-0.39, 0.29) is 6.04 Å². The molecule has 0 bridgehead atoms. The van der Waals surface area contributed by atoms with Crippen molar-refractivity contribution in [2.24, 2.45) is 0 Å². The van der Waals surface area contributed by atoms with Crippen LogP contribution < -0.4 is 15.0 Å². The fraction of sp³-hybridized carbons (Fsp3) is 0.367. The van der Waals surface area contributed by atoms with Crippen molar-refractivity contribution in [1.82, 2.24) is 24.4 Å². The van der Waals surface area contributed by atoms with E-state index >= 15 is 0 Å². The lowest BCUT2D eigenvalue weighted by Gasteiger charge is -2.32. The van der Waals surface area contributed by atoms with E-state index in [0.29, 0.717) is 58.6 Å². The number of carbonyl (C=O) groups excluding carboxylic acids is 1. The van der Waals surface area contributed by atoms with Crippen molar-refractivity contribution in [3.8, 4) is 5.75 Å². The Morgan fingerprint density at radius 2 is 1.93 bits per heavy atom. The average molecular weight is 596 g/mol. The fourth-order valence-corrected chi connectivity index (χ4v) is 5.96. The van der Waals surface area contributed by atoms with Crippen molar-refractivity contribution in [3.05, 3.63) is 82.1 Å². The van der Waals surface area contributed by atoms with Gasteiger partial charge >= 0.3 is 0 Å². The van der Waals surface area contributed by atoms with E-state index in [2.05, 4.69) is 27.3 Å². The van der Waals surface area contributed by atoms with E-state index in [0.717, 1.165) is 50.3 Å². The van der Waals surface area contributed by atoms with Crippen molar-refractivity contribution in [2.45, 2.75) is 25.4 Å². The molecule has 1 N–H and O–H groups in total. The molecule has 2 aliphatic rings. The van der Waals surface area contributed by atoms with Crippen molar-refractivity contribution in [3.63, 3.8) is 0 Å². The van der Waals surface area contributed by atoms with Crippen molar-refractivity contribution >= 4 is 34.7 Å². The van der Waals surface area contributed by atoms with Crippen molar-refractivity contribution in [1.29, 1.82) is 0 Å². The Bertz CT molecular complexity index is 1620. The summed E-state index contributed by atoms with van der Waals surface area (Å²) in [5.41, 5.74) is 2.31. The van der Waals surface area contributed by atoms with Crippen LogP contribution in [0.25, 0.3) is 5.65 Å². The summed E-state index contributed by atoms with van der Waals surface area (Å²) in [5.74, 6) is -0.344. The lowest BCUT2D eigenvalue weighted by Crippen LogP contribution is -2.43. The summed E-state index contributed by atoms with van der Waals surface area (Å²) in [4.78, 5) is 24.8. The van der Waals surface area contributed by atoms with Gasteiger partial charge in [0.2, 0.25) is 0 Å². The molecule has 0 radical (unpaired) electrons. The minimum absolute atomic E-state index is 0.293. The summed E-state index contributed by atoms with van der Waals surface area (Å²) in [6.45, 7) is 5.17. The van der Waals surface area contributed by atoms with E-state index in [1.54, 1.807) is 22.8 Å². The molecule has 1 atom stereocenters. The molecule has 0 unspecified atom stereocenters. The van der Waals surface area contributed by atoms with E-state index in [9.17, 15) is 13.6 Å². The monoisotopic (exact) mass is 595 g/mol. The third-order valence-corrected chi connectivity index (χ3v) is 8.42. The second-order valence-corrected chi connectivity index (χ2v) is 11.2. The van der Waals surface area contributed by atoms with E-state index < -0.39 is 17.5 Å². The van der Waals surface area contributed by atoms with Gasteiger partial charge in [-0.25, -0.2) is 18.3 Å². The number of carbonyl (C=O) groups is 1. The Morgan fingerprint density at radius 3 is 2.71 bits per heavy atom. The van der Waals surface area contributed by atoms with Gasteiger partial charge in [0.05, 0.1) is 24.9 Å². The Morgan fingerprint density at radius 1 is 1.12 bits per heavy atom. The van der Waals surface area contributed by atoms with Crippen molar-refractivity contribution in [2.75, 3.05) is 57.1 Å². The van der Waals surface area contributed by atoms with Gasteiger partial charge in [-0.2, -0.15) is 5.10 Å². The molecular formula is C30H32ClF2N7O2. The zero-order valence-electron chi connectivity index (χ0n) is 23.5. The van der Waals surface area contributed by atoms with Crippen LogP contribution in [0.4, 0.5) is 20.3 Å². The topological polar surface area (TPSA) is 78.2 Å². The van der Waals surface area contributed by atoms with Crippen LogP contribution in [-0.4, -0.2) is 77.2 Å². The number of halogens is 3. The lowest BCUT2D eigenvalue weighted by atomic mass is 10.0. The third kappa shape index (κ3) is 5.64. The molecule has 2 aliphatic heterocycles. The maximum absolute atomic E-state index is 14.6. The highest BCUT2D eigenvalue weighted by molar-refractivity contribution is 6.32. The third-order valence-electron chi connectivity index (χ3n) is 8.07. The molecule has 4 aromatic rings. The normalized spacial score (nSPS) is 18.1. The van der Waals surface area contributed by atoms with Crippen LogP contribution in [0.15, 0.2) is 48.8 Å². The van der Waals surface area contributed by atoms with Gasteiger partial charge < -0.3 is 19.9 Å². The number of nitrogens with zero attached hydrogens (tertiary/aromatic N) is 6. The summed E-state index contributed by atoms with van der Waals surface area (Å²) in [6.07, 6.45) is 4.73. The molecule has 6 rings (SSSR count). The molecule has 0 aliphatic carbocycles. The molecule has 42 heavy (non-hydrogen) atoms. The number of methoxy groups -OCH3 is 1. The average Bonchev–Trinajstić information content (AvgIpc) is 3.63. The lowest BCUT2D eigenvalue weighted by molar-refractivity contribution is 0.102. The van der Waals surface area contributed by atoms with Gasteiger partial charge in [0.1, 0.15) is 28.9 Å². The zero-order chi connectivity index (χ0) is 29.4. The van der Waals surface area contributed by atoms with E-state index in [4.69, 9.17) is 21.3 Å². The molecule has 9 nitrogen and oxygen atoms in total. The number of aromatic nitrogens is 3. The smallest absolute Gasteiger partial charge is 0.259 e. The van der Waals surface area contributed by atoms with Crippen molar-refractivity contribution < 1.29 is 18.3 Å². The zero-order valence-corrected chi connectivity index (χ0v) is 24.2. The first kappa shape index (κ1) is 28.3. The Hall–Kier alpha value is -3.80. The number of anilines is 2. The van der Waals surface area contributed by atoms with E-state index in [1.807, 2.05) is 11.0 Å². The Balaban J connectivity index is 1.24. The molecule has 2 saturated heterocycles. The summed E-state index contributed by atoms with van der Waals surface area (Å²) < 4.78 is 35.7. The van der Waals surface area contributed by atoms with Crippen LogP contribution in [0.2, 0.25) is 5.02 Å². The van der Waals surface area contributed by atoms with Gasteiger partial charge in [0.25, 0.3) is 5.91 Å². The van der Waals surface area contributed by atoms with Crippen LogP contribution in [0.3, 0.4) is 0 Å². The molecule has 0 spiro atoms. The predicted octanol–water partition coefficient (Wildman–Crippen LogP) is 5.01. The molecule has 2 aromatic carbocycles. The SMILES string of the molecule is COc1cc(CN2CCN(C)CC2)c(Cl)cc1C(=O)Nc1cnn2ccc(N3CCC[C@@H]3c3cc(F)ccc3F)nc12. The van der Waals surface area contributed by atoms with Crippen LogP contribution in [0.5, 0.6) is 5.75 Å². The standard InChI is InChI=1S/C30H32ClF2N7O2/c1-37-10-12-38(13-11-37)18-19-14-27(42-2)22(16-23(19)31)30(41)35-25-17-34-40-9-7-28(36-29(25)40)39-8-3-4-26(39)21-15-20(32)5-6-24(21)33/h5-7,9,14-17,26H,3-4,8,10-13,18H2,1-2H3,(H,35,41)/t26-/m1/s1. The molecule has 2 fully saturated rings. The van der Waals surface area contributed by atoms with Crippen LogP contribution in [0.1, 0.15) is 40.4 Å². The number of piperazine rings is 1. The summed E-state index contributed by atoms with van der Waals surface area (Å²) >= 11 is 6.65. The fourth-order valence-electron chi connectivity index (χ4n) is 5.74. The number of nitrogens with one attached hydrogen (secondary N) is 1. The van der Waals surface area contributed by atoms with Crippen LogP contribution in [0, 0.1) is 11.6 Å². The molecule has 220 valence electrons. The number of hydrogen-bond acceptors (Lipinski definition) is 7. The van der Waals surface area contributed by atoms with Gasteiger partial charge in [-0.1, -0.05) is 11.6 Å². The number of ether oxygens (including phenoxy) is 1. The minimum Gasteiger partial charge on any atom is -0.496 e. The highest BCUT2D eigenvalue weighted by Crippen LogP contribution is 2.37. The molecule has 1 amide bonds. The maximum atomic E-state index is 14.6. The molecule has 2 aromatic heterocycles. The number of benzene rings is 2. The first-order chi connectivity index (χ1) is 20.3. The van der Waals surface area contributed by atoms with Crippen LogP contribution >= 0.6 is 11.6 Å². The number of likely N-dealkylation sites (N-methyl/N-ethyl adjacent to an activating group) is 1. The first-order valence-corrected chi connectivity index (χ1v) is 14.3. The molecule has 4 heterocycles. The summed E-state index contributed by atoms with van der Waals surface area (Å²) in [7, 11) is 3.63. The van der Waals surface area contributed by atoms with Gasteiger partial charge in [0.15, 0.2) is 5.65 Å². The largest absolute Gasteiger partial charge is 0.496 e. The predicted molar refractivity (Wildman–Crippen MR) is 157 cm³/mol. The van der Waals surface area contributed by atoms with Gasteiger partial charge in [-0.15, -0.1) is 0 Å². The number of hydrogen-bond donors (Lipinski definition) is 1. The highest BCUT2D eigenvalue weighted by Gasteiger charge is 2.30. The second kappa shape index (κ2) is 11.8. The number of fused-ring (bicyclic) bond motifs is 1. The number of amides is 1. The second-order valence-electron chi connectivity index (χ2n) is 10.8. The van der Waals surface area contributed by atoms with Crippen LogP contribution in [-0.2, 0) is 6.54 Å². The summed E-state index contributed by atoms with van der Waals surface area (Å²) in [6, 6.07) is 8.40. The quantitative estimate of drug-likeness (QED) is 0.322. The molecular weight excluding hydrogens is 564 g/mol. The van der Waals surface area contributed by atoms with Gasteiger partial charge in [-0.3, -0.25) is 9.69 Å². The Labute approximate surface area is 247 Å². The highest BCUT2D eigenvalue weighted by atomic mass is 35.5. The molecule has 12 heteroatoms. The van der Waals surface area contributed by atoms with Gasteiger partial charge in [-0.05, 0) is 61.9 Å². The first-order valence-electron chi connectivity index (χ1n) is 14.0. The number of rotatable bonds is 7. The van der Waals surface area contributed by atoms with E-state index in [1.165, 1.54) is 19.4 Å². The maximum Gasteiger partial charge on any atom is 0.259 e. The van der Waals surface area contributed by atoms with Gasteiger partial charge in [0, 0.05) is 56.1 Å².